The molecule has 1 saturated heterocycles. The van der Waals surface area contributed by atoms with Crippen LogP contribution in [0.1, 0.15) is 52.4 Å². The summed E-state index contributed by atoms with van der Waals surface area (Å²) in [5.41, 5.74) is 0. The molecular formula is C19H38IN3O2. The summed E-state index contributed by atoms with van der Waals surface area (Å²) in [6, 6.07) is 0. The molecule has 0 bridgehead atoms. The summed E-state index contributed by atoms with van der Waals surface area (Å²) in [6.07, 6.45) is 7.60. The van der Waals surface area contributed by atoms with Crippen LogP contribution in [0.2, 0.25) is 0 Å². The smallest absolute Gasteiger partial charge is 0.191 e. The monoisotopic (exact) mass is 467 g/mol. The van der Waals surface area contributed by atoms with E-state index in [1.165, 1.54) is 25.7 Å². The number of nitrogens with one attached hydrogen (secondary N) is 2. The highest BCUT2D eigenvalue weighted by atomic mass is 127. The third-order valence-corrected chi connectivity index (χ3v) is 5.03. The van der Waals surface area contributed by atoms with Gasteiger partial charge in [0.1, 0.15) is 0 Å². The zero-order valence-corrected chi connectivity index (χ0v) is 18.4. The van der Waals surface area contributed by atoms with Crippen LogP contribution in [0.5, 0.6) is 0 Å². The van der Waals surface area contributed by atoms with E-state index in [-0.39, 0.29) is 24.0 Å². The van der Waals surface area contributed by atoms with E-state index in [2.05, 4.69) is 24.5 Å². The highest BCUT2D eigenvalue weighted by molar-refractivity contribution is 14.0. The molecule has 1 aliphatic heterocycles. The number of nitrogens with zero attached hydrogens (tertiary/aromatic N) is 1. The van der Waals surface area contributed by atoms with E-state index >= 15 is 0 Å². The fourth-order valence-electron chi connectivity index (χ4n) is 3.63. The van der Waals surface area contributed by atoms with Crippen molar-refractivity contribution in [3.63, 3.8) is 0 Å². The van der Waals surface area contributed by atoms with Crippen LogP contribution in [0.3, 0.4) is 0 Å². The van der Waals surface area contributed by atoms with Gasteiger partial charge in [-0.3, -0.25) is 4.99 Å². The van der Waals surface area contributed by atoms with E-state index in [9.17, 15) is 0 Å². The number of hydrogen-bond donors (Lipinski definition) is 2. The fourth-order valence-corrected chi connectivity index (χ4v) is 3.63. The normalized spacial score (nSPS) is 27.0. The minimum absolute atomic E-state index is 0. The Balaban J connectivity index is 0.00000312. The average Bonchev–Trinajstić information content (AvgIpc) is 3.09. The minimum atomic E-state index is 0. The SMILES string of the molecule is CCNC(=NCC1CCCC(C)C1)NCCCOCC1CCOC1.I. The van der Waals surface area contributed by atoms with E-state index in [1.54, 1.807) is 0 Å². The lowest BCUT2D eigenvalue weighted by atomic mass is 9.82. The molecule has 1 saturated carbocycles. The van der Waals surface area contributed by atoms with E-state index in [0.29, 0.717) is 5.92 Å². The van der Waals surface area contributed by atoms with Gasteiger partial charge in [-0.05, 0) is 44.4 Å². The summed E-state index contributed by atoms with van der Waals surface area (Å²) < 4.78 is 11.1. The van der Waals surface area contributed by atoms with Crippen LogP contribution < -0.4 is 10.6 Å². The number of halogens is 1. The second-order valence-electron chi connectivity index (χ2n) is 7.44. The lowest BCUT2D eigenvalue weighted by molar-refractivity contribution is 0.0888. The maximum atomic E-state index is 5.75. The van der Waals surface area contributed by atoms with Gasteiger partial charge in [-0.25, -0.2) is 0 Å². The van der Waals surface area contributed by atoms with Gasteiger partial charge in [-0.15, -0.1) is 24.0 Å². The van der Waals surface area contributed by atoms with Crippen LogP contribution in [0.25, 0.3) is 0 Å². The first-order valence-electron chi connectivity index (χ1n) is 9.95. The molecule has 0 amide bonds. The Bertz CT molecular complexity index is 363. The van der Waals surface area contributed by atoms with Gasteiger partial charge in [-0.1, -0.05) is 19.8 Å². The number of hydrogen-bond acceptors (Lipinski definition) is 3. The van der Waals surface area contributed by atoms with Crippen molar-refractivity contribution in [2.45, 2.75) is 52.4 Å². The summed E-state index contributed by atoms with van der Waals surface area (Å²) in [6.45, 7) is 10.7. The molecule has 2 aliphatic rings. The van der Waals surface area contributed by atoms with Crippen molar-refractivity contribution in [1.29, 1.82) is 0 Å². The van der Waals surface area contributed by atoms with Gasteiger partial charge >= 0.3 is 0 Å². The lowest BCUT2D eigenvalue weighted by Crippen LogP contribution is -2.38. The van der Waals surface area contributed by atoms with Crippen molar-refractivity contribution < 1.29 is 9.47 Å². The number of rotatable bonds is 9. The second kappa shape index (κ2) is 14.0. The molecule has 6 heteroatoms. The molecule has 5 nitrogen and oxygen atoms in total. The fraction of sp³-hybridized carbons (Fsp3) is 0.947. The van der Waals surface area contributed by atoms with Gasteiger partial charge in [0.25, 0.3) is 0 Å². The number of ether oxygens (including phenoxy) is 2. The van der Waals surface area contributed by atoms with E-state index < -0.39 is 0 Å². The third kappa shape index (κ3) is 9.99. The number of aliphatic imine (C=N–C) groups is 1. The van der Waals surface area contributed by atoms with Crippen molar-refractivity contribution in [3.05, 3.63) is 0 Å². The predicted octanol–water partition coefficient (Wildman–Crippen LogP) is 3.43. The van der Waals surface area contributed by atoms with Gasteiger partial charge in [0.2, 0.25) is 0 Å². The first-order valence-corrected chi connectivity index (χ1v) is 9.95. The maximum Gasteiger partial charge on any atom is 0.191 e. The van der Waals surface area contributed by atoms with Crippen molar-refractivity contribution >= 4 is 29.9 Å². The van der Waals surface area contributed by atoms with Crippen molar-refractivity contribution in [1.82, 2.24) is 10.6 Å². The summed E-state index contributed by atoms with van der Waals surface area (Å²) in [5.74, 6) is 3.20. The Morgan fingerprint density at radius 1 is 1.20 bits per heavy atom. The molecule has 0 aromatic heterocycles. The van der Waals surface area contributed by atoms with Gasteiger partial charge < -0.3 is 20.1 Å². The zero-order valence-electron chi connectivity index (χ0n) is 16.1. The first kappa shape index (κ1) is 23.0. The molecule has 2 N–H and O–H groups in total. The van der Waals surface area contributed by atoms with E-state index in [1.807, 2.05) is 0 Å². The molecule has 1 heterocycles. The van der Waals surface area contributed by atoms with E-state index in [0.717, 1.165) is 76.7 Å². The Morgan fingerprint density at radius 2 is 2.08 bits per heavy atom. The van der Waals surface area contributed by atoms with Crippen LogP contribution in [0.15, 0.2) is 4.99 Å². The molecule has 0 aromatic rings. The van der Waals surface area contributed by atoms with Gasteiger partial charge in [0, 0.05) is 38.8 Å². The molecular weight excluding hydrogens is 429 g/mol. The van der Waals surface area contributed by atoms with Crippen molar-refractivity contribution in [3.8, 4) is 0 Å². The molecule has 2 rings (SSSR count). The third-order valence-electron chi connectivity index (χ3n) is 5.03. The van der Waals surface area contributed by atoms with Crippen molar-refractivity contribution in [2.24, 2.45) is 22.7 Å². The summed E-state index contributed by atoms with van der Waals surface area (Å²) in [4.78, 5) is 4.79. The first-order chi connectivity index (χ1) is 11.8. The van der Waals surface area contributed by atoms with Gasteiger partial charge in [-0.2, -0.15) is 0 Å². The summed E-state index contributed by atoms with van der Waals surface area (Å²) in [5, 5.41) is 6.78. The number of guanidine groups is 1. The molecule has 25 heavy (non-hydrogen) atoms. The summed E-state index contributed by atoms with van der Waals surface area (Å²) in [7, 11) is 0. The molecule has 3 atom stereocenters. The standard InChI is InChI=1S/C19H37N3O2.HI/c1-3-20-19(22-13-17-7-4-6-16(2)12-17)21-9-5-10-23-14-18-8-11-24-15-18;/h16-18H,3-15H2,1-2H3,(H2,20,21,22);1H. The molecule has 1 aliphatic carbocycles. The Hall–Kier alpha value is -0.0800. The zero-order chi connectivity index (χ0) is 17.0. The molecule has 0 spiro atoms. The largest absolute Gasteiger partial charge is 0.381 e. The van der Waals surface area contributed by atoms with Gasteiger partial charge in [0.15, 0.2) is 5.96 Å². The Morgan fingerprint density at radius 3 is 2.80 bits per heavy atom. The van der Waals surface area contributed by atoms with Crippen LogP contribution in [0.4, 0.5) is 0 Å². The molecule has 0 radical (unpaired) electrons. The van der Waals surface area contributed by atoms with Crippen LogP contribution in [-0.2, 0) is 9.47 Å². The second-order valence-corrected chi connectivity index (χ2v) is 7.44. The molecule has 148 valence electrons. The molecule has 0 aromatic carbocycles. The lowest BCUT2D eigenvalue weighted by Gasteiger charge is -2.25. The Kier molecular flexibility index (Phi) is 12.9. The van der Waals surface area contributed by atoms with E-state index in [4.69, 9.17) is 14.5 Å². The van der Waals surface area contributed by atoms with Crippen LogP contribution in [0, 0.1) is 17.8 Å². The minimum Gasteiger partial charge on any atom is -0.381 e. The molecule has 3 unspecified atom stereocenters. The highest BCUT2D eigenvalue weighted by Gasteiger charge is 2.18. The Labute approximate surface area is 171 Å². The summed E-state index contributed by atoms with van der Waals surface area (Å²) >= 11 is 0. The average molecular weight is 467 g/mol. The van der Waals surface area contributed by atoms with Crippen LogP contribution in [-0.4, -0.2) is 52.0 Å². The topological polar surface area (TPSA) is 54.9 Å². The van der Waals surface area contributed by atoms with Crippen LogP contribution >= 0.6 is 24.0 Å². The molecule has 2 fully saturated rings. The quantitative estimate of drug-likeness (QED) is 0.236. The highest BCUT2D eigenvalue weighted by Crippen LogP contribution is 2.28. The predicted molar refractivity (Wildman–Crippen MR) is 115 cm³/mol. The maximum absolute atomic E-state index is 5.75. The van der Waals surface area contributed by atoms with Gasteiger partial charge in [0.05, 0.1) is 13.2 Å². The van der Waals surface area contributed by atoms with Crippen molar-refractivity contribution in [2.75, 3.05) is 46.1 Å².